The molecule has 10 heteroatoms. The van der Waals surface area contributed by atoms with Gasteiger partial charge in [-0.1, -0.05) is 17.7 Å². The van der Waals surface area contributed by atoms with Gasteiger partial charge in [-0.05, 0) is 29.3 Å². The van der Waals surface area contributed by atoms with Gasteiger partial charge in [-0.25, -0.2) is 9.97 Å². The molecule has 4 heterocycles. The zero-order chi connectivity index (χ0) is 20.3. The third kappa shape index (κ3) is 2.85. The number of nitrogen functional groups attached to an aromatic ring is 1. The summed E-state index contributed by atoms with van der Waals surface area (Å²) >= 11 is 6.04. The molecule has 9 nitrogen and oxygen atoms in total. The zero-order valence-electron chi connectivity index (χ0n) is 15.0. The predicted molar refractivity (Wildman–Crippen MR) is 102 cm³/mol. The number of aliphatic hydroxyl groups is 2. The number of nitrogens with two attached hydrogens (primary N) is 1. The lowest BCUT2D eigenvalue weighted by Crippen LogP contribution is -2.38. The van der Waals surface area contributed by atoms with Crippen molar-refractivity contribution >= 4 is 34.4 Å². The van der Waals surface area contributed by atoms with E-state index in [0.717, 1.165) is 0 Å². The van der Waals surface area contributed by atoms with Crippen LogP contribution in [0.4, 0.5) is 5.82 Å². The van der Waals surface area contributed by atoms with Gasteiger partial charge in [0.15, 0.2) is 12.3 Å². The molecule has 3 aromatic rings. The van der Waals surface area contributed by atoms with Gasteiger partial charge in [0.05, 0.1) is 11.8 Å². The first kappa shape index (κ1) is 18.3. The molecule has 0 spiro atoms. The van der Waals surface area contributed by atoms with Gasteiger partial charge in [0.2, 0.25) is 0 Å². The molecule has 2 aliphatic rings. The van der Waals surface area contributed by atoms with Crippen molar-refractivity contribution in [3.05, 3.63) is 52.9 Å². The number of aliphatic hydroxyl groups excluding tert-OH is 2. The van der Waals surface area contributed by atoms with Crippen LogP contribution in [0, 0.1) is 0 Å². The molecule has 1 fully saturated rings. The van der Waals surface area contributed by atoms with Crippen LogP contribution in [0.15, 0.2) is 36.8 Å². The summed E-state index contributed by atoms with van der Waals surface area (Å²) in [6.07, 6.45) is -2.32. The number of cyclic esters (lactones) is 1. The molecule has 2 aromatic heterocycles. The van der Waals surface area contributed by atoms with Crippen LogP contribution < -0.4 is 5.73 Å². The van der Waals surface area contributed by atoms with Crippen molar-refractivity contribution in [1.82, 2.24) is 14.5 Å². The van der Waals surface area contributed by atoms with Crippen molar-refractivity contribution < 1.29 is 24.5 Å². The van der Waals surface area contributed by atoms with Crippen LogP contribution in [0.1, 0.15) is 23.5 Å². The Kier molecular flexibility index (Phi) is 4.21. The third-order valence-corrected chi connectivity index (χ3v) is 5.63. The molecule has 150 valence electrons. The molecular formula is C19H17ClN4O5. The highest BCUT2D eigenvalue weighted by molar-refractivity contribution is 6.30. The van der Waals surface area contributed by atoms with E-state index in [2.05, 4.69) is 9.97 Å². The van der Waals surface area contributed by atoms with Gasteiger partial charge in [-0.15, -0.1) is 0 Å². The second-order valence-corrected chi connectivity index (χ2v) is 7.56. The van der Waals surface area contributed by atoms with E-state index in [1.807, 2.05) is 0 Å². The van der Waals surface area contributed by atoms with Crippen molar-refractivity contribution in [3.63, 3.8) is 0 Å². The van der Waals surface area contributed by atoms with E-state index in [4.69, 9.17) is 26.8 Å². The number of rotatable bonds is 2. The van der Waals surface area contributed by atoms with Crippen molar-refractivity contribution in [3.8, 4) is 0 Å². The van der Waals surface area contributed by atoms with Gasteiger partial charge in [-0.2, -0.15) is 0 Å². The minimum Gasteiger partial charge on any atom is -0.454 e. The summed E-state index contributed by atoms with van der Waals surface area (Å²) in [7, 11) is 0. The van der Waals surface area contributed by atoms with Gasteiger partial charge in [0.25, 0.3) is 0 Å². The topological polar surface area (TPSA) is 133 Å². The Morgan fingerprint density at radius 3 is 2.86 bits per heavy atom. The Morgan fingerprint density at radius 2 is 2.03 bits per heavy atom. The van der Waals surface area contributed by atoms with Crippen LogP contribution >= 0.6 is 11.6 Å². The summed E-state index contributed by atoms with van der Waals surface area (Å²) in [5.41, 5.74) is 7.73. The highest BCUT2D eigenvalue weighted by Gasteiger charge is 2.50. The number of carbonyl (C=O) groups is 1. The highest BCUT2D eigenvalue weighted by atomic mass is 35.5. The monoisotopic (exact) mass is 416 g/mol. The van der Waals surface area contributed by atoms with Crippen LogP contribution in [0.25, 0.3) is 11.0 Å². The van der Waals surface area contributed by atoms with Crippen LogP contribution in [0.3, 0.4) is 0 Å². The van der Waals surface area contributed by atoms with Crippen LogP contribution in [-0.2, 0) is 20.7 Å². The first-order valence-electron chi connectivity index (χ1n) is 9.00. The number of esters is 1. The number of fused-ring (bicyclic) bond motifs is 2. The number of nitrogens with zero attached hydrogens (tertiary/aromatic N) is 3. The maximum Gasteiger partial charge on any atom is 0.310 e. The van der Waals surface area contributed by atoms with Gasteiger partial charge in [0.1, 0.15) is 36.1 Å². The molecule has 0 amide bonds. The summed E-state index contributed by atoms with van der Waals surface area (Å²) in [4.78, 5) is 20.3. The molecule has 0 saturated carbocycles. The number of anilines is 1. The van der Waals surface area contributed by atoms with Gasteiger partial charge < -0.3 is 30.0 Å². The Bertz CT molecular complexity index is 1120. The number of halogens is 1. The minimum atomic E-state index is -1.30. The SMILES string of the molecule is Nc1ncnc2c1ccn2[C@@H]1O[C@H]([C@@H]2OC(=O)Cc3cc(Cl)ccc32)[C@@H](O)[C@H]1O. The molecule has 2 aliphatic heterocycles. The molecular weight excluding hydrogens is 400 g/mol. The number of aromatic nitrogens is 3. The molecule has 0 unspecified atom stereocenters. The van der Waals surface area contributed by atoms with E-state index >= 15 is 0 Å². The molecule has 0 bridgehead atoms. The maximum atomic E-state index is 12.1. The molecule has 4 N–H and O–H groups in total. The Morgan fingerprint density at radius 1 is 1.21 bits per heavy atom. The van der Waals surface area contributed by atoms with Crippen molar-refractivity contribution in [2.45, 2.75) is 37.1 Å². The second-order valence-electron chi connectivity index (χ2n) is 7.12. The average Bonchev–Trinajstić information content (AvgIpc) is 3.23. The maximum absolute atomic E-state index is 12.1. The largest absolute Gasteiger partial charge is 0.454 e. The van der Waals surface area contributed by atoms with Crippen molar-refractivity contribution in [1.29, 1.82) is 0 Å². The standard InChI is InChI=1S/C19H17ClN4O5/c20-9-1-2-10-8(5-9)6-12(25)28-15(10)16-13(26)14(27)19(29-16)24-4-3-11-17(21)22-7-23-18(11)24/h1-5,7,13-16,19,26-27H,6H2,(H2,21,22,23)/t13-,14+,15+,16-,19+/m0/s1. The lowest BCUT2D eigenvalue weighted by atomic mass is 9.92. The summed E-state index contributed by atoms with van der Waals surface area (Å²) in [5, 5.41) is 22.5. The third-order valence-electron chi connectivity index (χ3n) is 5.39. The fraction of sp³-hybridized carbons (Fsp3) is 0.316. The summed E-state index contributed by atoms with van der Waals surface area (Å²) in [5.74, 6) is -0.157. The Labute approximate surface area is 169 Å². The quantitative estimate of drug-likeness (QED) is 0.529. The first-order chi connectivity index (χ1) is 13.9. The minimum absolute atomic E-state index is 0.0830. The van der Waals surface area contributed by atoms with Crippen LogP contribution in [0.2, 0.25) is 5.02 Å². The molecule has 5 rings (SSSR count). The average molecular weight is 417 g/mol. The lowest BCUT2D eigenvalue weighted by Gasteiger charge is -2.31. The molecule has 5 atom stereocenters. The molecule has 1 saturated heterocycles. The molecule has 1 aromatic carbocycles. The molecule has 0 aliphatic carbocycles. The lowest BCUT2D eigenvalue weighted by molar-refractivity contribution is -0.164. The highest BCUT2D eigenvalue weighted by Crippen LogP contribution is 2.42. The van der Waals surface area contributed by atoms with E-state index in [0.29, 0.717) is 33.0 Å². The van der Waals surface area contributed by atoms with E-state index in [-0.39, 0.29) is 6.42 Å². The van der Waals surface area contributed by atoms with Crippen molar-refractivity contribution in [2.24, 2.45) is 0 Å². The number of hydrogen-bond acceptors (Lipinski definition) is 8. The fourth-order valence-corrected chi connectivity index (χ4v) is 4.21. The van der Waals surface area contributed by atoms with Gasteiger partial charge in [0, 0.05) is 11.2 Å². The number of hydrogen-bond donors (Lipinski definition) is 3. The Balaban J connectivity index is 1.52. The van der Waals surface area contributed by atoms with Crippen LogP contribution in [-0.4, -0.2) is 49.0 Å². The van der Waals surface area contributed by atoms with Gasteiger partial charge in [-0.3, -0.25) is 4.79 Å². The van der Waals surface area contributed by atoms with E-state index in [1.165, 1.54) is 6.33 Å². The normalized spacial score (nSPS) is 29.1. The smallest absolute Gasteiger partial charge is 0.310 e. The van der Waals surface area contributed by atoms with E-state index in [1.54, 1.807) is 35.0 Å². The van der Waals surface area contributed by atoms with Gasteiger partial charge >= 0.3 is 5.97 Å². The summed E-state index contributed by atoms with van der Waals surface area (Å²) in [6, 6.07) is 6.82. The van der Waals surface area contributed by atoms with Crippen LogP contribution in [0.5, 0.6) is 0 Å². The first-order valence-corrected chi connectivity index (χ1v) is 9.38. The van der Waals surface area contributed by atoms with Crippen molar-refractivity contribution in [2.75, 3.05) is 5.73 Å². The zero-order valence-corrected chi connectivity index (χ0v) is 15.7. The number of benzene rings is 1. The number of ether oxygens (including phenoxy) is 2. The molecule has 0 radical (unpaired) electrons. The van der Waals surface area contributed by atoms with E-state index < -0.39 is 36.6 Å². The van der Waals surface area contributed by atoms with E-state index in [9.17, 15) is 15.0 Å². The predicted octanol–water partition coefficient (Wildman–Crippen LogP) is 1.13. The fourth-order valence-electron chi connectivity index (χ4n) is 4.01. The summed E-state index contributed by atoms with van der Waals surface area (Å²) < 4.78 is 13.1. The summed E-state index contributed by atoms with van der Waals surface area (Å²) in [6.45, 7) is 0. The molecule has 29 heavy (non-hydrogen) atoms. The second kappa shape index (κ2) is 6.67. The Hall–Kier alpha value is -2.72. The number of carbonyl (C=O) groups excluding carboxylic acids is 1.